The molecule has 0 aliphatic heterocycles. The summed E-state index contributed by atoms with van der Waals surface area (Å²) in [6.45, 7) is 0.168. The minimum atomic E-state index is -0.120. The van der Waals surface area contributed by atoms with Gasteiger partial charge in [0, 0.05) is 31.1 Å². The van der Waals surface area contributed by atoms with Gasteiger partial charge in [0.2, 0.25) is 5.91 Å². The van der Waals surface area contributed by atoms with Crippen LogP contribution in [0.3, 0.4) is 0 Å². The lowest BCUT2D eigenvalue weighted by atomic mass is 10.3. The predicted octanol–water partition coefficient (Wildman–Crippen LogP) is 0.574. The van der Waals surface area contributed by atoms with Gasteiger partial charge in [0.25, 0.3) is 0 Å². The lowest BCUT2D eigenvalue weighted by Crippen LogP contribution is -2.23. The number of aromatic nitrogens is 3. The number of rotatable bonds is 6. The second kappa shape index (κ2) is 6.39. The van der Waals surface area contributed by atoms with Gasteiger partial charge in [0.05, 0.1) is 5.69 Å². The highest BCUT2D eigenvalue weighted by atomic mass is 32.2. The predicted molar refractivity (Wildman–Crippen MR) is 56.0 cm³/mol. The number of hydrogen-bond donors (Lipinski definition) is 1. The van der Waals surface area contributed by atoms with E-state index < -0.39 is 0 Å². The number of hydrogen-bond acceptors (Lipinski definition) is 4. The molecule has 0 radical (unpaired) electrons. The lowest BCUT2D eigenvalue weighted by molar-refractivity contribution is -0.121. The summed E-state index contributed by atoms with van der Waals surface area (Å²) in [4.78, 5) is 11.0. The standard InChI is InChI=1S/C8H13FN4OS/c1-10-8(14)6-13-5-7(11-12-13)3-2-4-15-9/h5H,2-4,6H2,1H3,(H,10,14). The molecule has 1 rings (SSSR count). The second-order valence-electron chi connectivity index (χ2n) is 3.00. The van der Waals surface area contributed by atoms with Crippen molar-refractivity contribution < 1.29 is 8.68 Å². The van der Waals surface area contributed by atoms with Crippen molar-refractivity contribution in [3.05, 3.63) is 11.9 Å². The molecule has 7 heteroatoms. The van der Waals surface area contributed by atoms with Gasteiger partial charge in [-0.25, -0.2) is 4.68 Å². The topological polar surface area (TPSA) is 59.8 Å². The zero-order chi connectivity index (χ0) is 11.1. The summed E-state index contributed by atoms with van der Waals surface area (Å²) >= 11 is 0.323. The van der Waals surface area contributed by atoms with Crippen LogP contribution in [0.5, 0.6) is 0 Å². The molecule has 0 saturated heterocycles. The molecule has 0 aliphatic carbocycles. The quantitative estimate of drug-likeness (QED) is 0.729. The molecule has 0 aliphatic rings. The average molecular weight is 232 g/mol. The van der Waals surface area contributed by atoms with Crippen LogP contribution in [0.1, 0.15) is 12.1 Å². The summed E-state index contributed by atoms with van der Waals surface area (Å²) in [5, 5.41) is 10.2. The van der Waals surface area contributed by atoms with Crippen LogP contribution in [0.15, 0.2) is 6.20 Å². The first-order chi connectivity index (χ1) is 7.26. The molecule has 0 saturated carbocycles. The molecule has 1 heterocycles. The second-order valence-corrected chi connectivity index (χ2v) is 3.62. The number of aryl methyl sites for hydroxylation is 1. The van der Waals surface area contributed by atoms with Crippen LogP contribution < -0.4 is 5.32 Å². The van der Waals surface area contributed by atoms with Gasteiger partial charge in [-0.2, -0.15) is 3.89 Å². The third kappa shape index (κ3) is 4.28. The third-order valence-corrected chi connectivity index (χ3v) is 2.27. The Balaban J connectivity index is 2.38. The van der Waals surface area contributed by atoms with Crippen molar-refractivity contribution in [2.75, 3.05) is 12.8 Å². The molecular formula is C8H13FN4OS. The summed E-state index contributed by atoms with van der Waals surface area (Å²) in [6.07, 6.45) is 3.11. The highest BCUT2D eigenvalue weighted by Crippen LogP contribution is 2.06. The van der Waals surface area contributed by atoms with Gasteiger partial charge >= 0.3 is 0 Å². The summed E-state index contributed by atoms with van der Waals surface area (Å²) in [5.41, 5.74) is 0.785. The van der Waals surface area contributed by atoms with E-state index in [1.165, 1.54) is 4.68 Å². The molecule has 1 amide bonds. The number of amides is 1. The van der Waals surface area contributed by atoms with Gasteiger partial charge in [0.15, 0.2) is 0 Å². The van der Waals surface area contributed by atoms with E-state index in [-0.39, 0.29) is 12.5 Å². The molecule has 84 valence electrons. The molecule has 0 fully saturated rings. The van der Waals surface area contributed by atoms with E-state index in [4.69, 9.17) is 0 Å². The van der Waals surface area contributed by atoms with Crippen LogP contribution in [0.25, 0.3) is 0 Å². The Bertz CT molecular complexity index is 317. The highest BCUT2D eigenvalue weighted by molar-refractivity contribution is 7.94. The maximum absolute atomic E-state index is 11.7. The van der Waals surface area contributed by atoms with Crippen LogP contribution in [0.2, 0.25) is 0 Å². The van der Waals surface area contributed by atoms with E-state index in [1.54, 1.807) is 13.2 Å². The first-order valence-electron chi connectivity index (χ1n) is 4.59. The highest BCUT2D eigenvalue weighted by Gasteiger charge is 2.04. The minimum absolute atomic E-state index is 0.120. The number of nitrogens with zero attached hydrogens (tertiary/aromatic N) is 3. The Hall–Kier alpha value is -1.11. The monoisotopic (exact) mass is 232 g/mol. The Kier molecular flexibility index (Phi) is 5.09. The van der Waals surface area contributed by atoms with Gasteiger partial charge in [-0.15, -0.1) is 5.10 Å². The maximum Gasteiger partial charge on any atom is 0.241 e. The molecule has 1 aromatic rings. The fourth-order valence-corrected chi connectivity index (χ4v) is 1.32. The number of halogens is 1. The van der Waals surface area contributed by atoms with E-state index in [0.717, 1.165) is 12.1 Å². The molecule has 5 nitrogen and oxygen atoms in total. The first kappa shape index (κ1) is 12.0. The van der Waals surface area contributed by atoms with Crippen molar-refractivity contribution in [1.82, 2.24) is 20.3 Å². The van der Waals surface area contributed by atoms with Gasteiger partial charge in [-0.3, -0.25) is 4.79 Å². The van der Waals surface area contributed by atoms with Crippen molar-refractivity contribution >= 4 is 18.1 Å². The minimum Gasteiger partial charge on any atom is -0.358 e. The van der Waals surface area contributed by atoms with E-state index in [9.17, 15) is 8.68 Å². The number of carbonyl (C=O) groups excluding carboxylic acids is 1. The SMILES string of the molecule is CNC(=O)Cn1cc(CCCSF)nn1. The van der Waals surface area contributed by atoms with Crippen LogP contribution in [0.4, 0.5) is 3.89 Å². The Morgan fingerprint density at radius 2 is 2.53 bits per heavy atom. The summed E-state index contributed by atoms with van der Waals surface area (Å²) < 4.78 is 13.2. The smallest absolute Gasteiger partial charge is 0.241 e. The number of likely N-dealkylation sites (N-methyl/N-ethyl adjacent to an activating group) is 1. The molecule has 15 heavy (non-hydrogen) atoms. The molecule has 0 aromatic carbocycles. The summed E-state index contributed by atoms with van der Waals surface area (Å²) in [6, 6.07) is 0. The average Bonchev–Trinajstić information content (AvgIpc) is 2.66. The van der Waals surface area contributed by atoms with Crippen LogP contribution in [-0.2, 0) is 17.8 Å². The fraction of sp³-hybridized carbons (Fsp3) is 0.625. The van der Waals surface area contributed by atoms with Gasteiger partial charge in [-0.1, -0.05) is 5.21 Å². The van der Waals surface area contributed by atoms with Gasteiger partial charge in [0.1, 0.15) is 6.54 Å². The van der Waals surface area contributed by atoms with Gasteiger partial charge in [-0.05, 0) is 12.8 Å². The molecule has 0 spiro atoms. The third-order valence-electron chi connectivity index (χ3n) is 1.82. The largest absolute Gasteiger partial charge is 0.358 e. The van der Waals surface area contributed by atoms with Crippen molar-refractivity contribution in [2.24, 2.45) is 0 Å². The molecule has 0 unspecified atom stereocenters. The Morgan fingerprint density at radius 1 is 1.73 bits per heavy atom. The van der Waals surface area contributed by atoms with Crippen LogP contribution >= 0.6 is 12.1 Å². The Labute approximate surface area is 91.7 Å². The molecule has 1 aromatic heterocycles. The lowest BCUT2D eigenvalue weighted by Gasteiger charge is -1.97. The van der Waals surface area contributed by atoms with E-state index in [2.05, 4.69) is 15.6 Å². The Morgan fingerprint density at radius 3 is 3.20 bits per heavy atom. The molecular weight excluding hydrogens is 219 g/mol. The van der Waals surface area contributed by atoms with E-state index >= 15 is 0 Å². The normalized spacial score (nSPS) is 10.3. The fourth-order valence-electron chi connectivity index (χ4n) is 1.06. The van der Waals surface area contributed by atoms with Crippen molar-refractivity contribution in [2.45, 2.75) is 19.4 Å². The molecule has 0 bridgehead atoms. The van der Waals surface area contributed by atoms with E-state index in [0.29, 0.717) is 24.3 Å². The van der Waals surface area contributed by atoms with Crippen LogP contribution in [0, 0.1) is 0 Å². The van der Waals surface area contributed by atoms with E-state index in [1.807, 2.05) is 0 Å². The van der Waals surface area contributed by atoms with Crippen molar-refractivity contribution in [3.63, 3.8) is 0 Å². The zero-order valence-corrected chi connectivity index (χ0v) is 9.26. The van der Waals surface area contributed by atoms with Crippen molar-refractivity contribution in [3.8, 4) is 0 Å². The van der Waals surface area contributed by atoms with Gasteiger partial charge < -0.3 is 5.32 Å². The number of nitrogens with one attached hydrogen (secondary N) is 1. The number of carbonyl (C=O) groups is 1. The van der Waals surface area contributed by atoms with Crippen LogP contribution in [-0.4, -0.2) is 33.7 Å². The van der Waals surface area contributed by atoms with Crippen molar-refractivity contribution in [1.29, 1.82) is 0 Å². The molecule has 0 atom stereocenters. The first-order valence-corrected chi connectivity index (χ1v) is 5.48. The zero-order valence-electron chi connectivity index (χ0n) is 8.44. The maximum atomic E-state index is 11.7. The molecule has 1 N–H and O–H groups in total. The summed E-state index contributed by atoms with van der Waals surface area (Å²) in [7, 11) is 1.57. The summed E-state index contributed by atoms with van der Waals surface area (Å²) in [5.74, 6) is 0.341.